The second-order valence-electron chi connectivity index (χ2n) is 6.06. The topological polar surface area (TPSA) is 27.7 Å². The Balaban J connectivity index is 1.86. The molecule has 1 heterocycles. The van der Waals surface area contributed by atoms with E-state index in [1.807, 2.05) is 31.4 Å². The van der Waals surface area contributed by atoms with Crippen LogP contribution in [0.4, 0.5) is 17.6 Å². The number of ether oxygens (including phenoxy) is 3. The van der Waals surface area contributed by atoms with Crippen molar-refractivity contribution in [2.45, 2.75) is 30.8 Å². The molecule has 0 aliphatic carbocycles. The minimum atomic E-state index is -4.17. The summed E-state index contributed by atoms with van der Waals surface area (Å²) in [7, 11) is 0. The van der Waals surface area contributed by atoms with E-state index in [2.05, 4.69) is 0 Å². The summed E-state index contributed by atoms with van der Waals surface area (Å²) in [4.78, 5) is 0. The first-order chi connectivity index (χ1) is 12.8. The van der Waals surface area contributed by atoms with E-state index in [-0.39, 0.29) is 12.0 Å². The molecule has 1 aliphatic rings. The fraction of sp³-hybridized carbons (Fsp3) is 0.474. The highest BCUT2D eigenvalue weighted by molar-refractivity contribution is 7.99. The van der Waals surface area contributed by atoms with Gasteiger partial charge in [0.15, 0.2) is 12.9 Å². The van der Waals surface area contributed by atoms with Crippen LogP contribution in [-0.4, -0.2) is 50.0 Å². The molecule has 1 saturated heterocycles. The van der Waals surface area contributed by atoms with Gasteiger partial charge < -0.3 is 14.2 Å². The summed E-state index contributed by atoms with van der Waals surface area (Å²) < 4.78 is 65.8. The first-order valence-corrected chi connectivity index (χ1v) is 9.60. The van der Waals surface area contributed by atoms with E-state index in [0.29, 0.717) is 18.5 Å². The van der Waals surface area contributed by atoms with Gasteiger partial charge in [-0.25, -0.2) is 8.78 Å². The minimum Gasteiger partial charge on any atom is -0.487 e. The van der Waals surface area contributed by atoms with Gasteiger partial charge in [0.1, 0.15) is 5.75 Å². The van der Waals surface area contributed by atoms with Gasteiger partial charge >= 0.3 is 12.3 Å². The molecule has 1 aromatic rings. The van der Waals surface area contributed by atoms with Gasteiger partial charge in [-0.1, -0.05) is 29.9 Å². The largest absolute Gasteiger partial charge is 0.487 e. The molecule has 0 bridgehead atoms. The van der Waals surface area contributed by atoms with E-state index < -0.39 is 19.0 Å². The van der Waals surface area contributed by atoms with Crippen molar-refractivity contribution in [3.63, 3.8) is 0 Å². The standard InChI is InChI=1S/C19H22F4O3S/c1-13(3-8-17-24-10-16(27-2)11-25-17)9-14-4-6-15(7-5-14)26-12-19(22,23)18(20)21/h3-9,16-18H,10-12H2,1-2H3/b8-3+,13-9+. The van der Waals surface area contributed by atoms with Crippen molar-refractivity contribution in [2.24, 2.45) is 0 Å². The highest BCUT2D eigenvalue weighted by Crippen LogP contribution is 2.24. The smallest absolute Gasteiger partial charge is 0.340 e. The van der Waals surface area contributed by atoms with E-state index >= 15 is 0 Å². The van der Waals surface area contributed by atoms with Crippen LogP contribution in [0.15, 0.2) is 42.0 Å². The second-order valence-corrected chi connectivity index (χ2v) is 7.20. The Kier molecular flexibility index (Phi) is 8.19. The molecule has 0 saturated carbocycles. The third-order valence-electron chi connectivity index (χ3n) is 3.77. The van der Waals surface area contributed by atoms with Crippen molar-refractivity contribution in [3.05, 3.63) is 47.6 Å². The number of rotatable bonds is 8. The maximum absolute atomic E-state index is 12.8. The van der Waals surface area contributed by atoms with Crippen LogP contribution in [0.5, 0.6) is 5.75 Å². The van der Waals surface area contributed by atoms with Crippen LogP contribution < -0.4 is 4.74 Å². The Bertz CT molecular complexity index is 639. The van der Waals surface area contributed by atoms with Gasteiger partial charge in [0.25, 0.3) is 0 Å². The number of allylic oxidation sites excluding steroid dienone is 2. The molecule has 150 valence electrons. The molecule has 8 heteroatoms. The second kappa shape index (κ2) is 10.1. The van der Waals surface area contributed by atoms with Crippen LogP contribution in [0.3, 0.4) is 0 Å². The van der Waals surface area contributed by atoms with Gasteiger partial charge in [0, 0.05) is 0 Å². The lowest BCUT2D eigenvalue weighted by Crippen LogP contribution is -2.33. The van der Waals surface area contributed by atoms with E-state index in [1.165, 1.54) is 12.1 Å². The molecule has 27 heavy (non-hydrogen) atoms. The van der Waals surface area contributed by atoms with Crippen molar-refractivity contribution < 1.29 is 31.8 Å². The molecule has 0 radical (unpaired) electrons. The van der Waals surface area contributed by atoms with Crippen molar-refractivity contribution in [1.29, 1.82) is 0 Å². The monoisotopic (exact) mass is 406 g/mol. The molecule has 0 spiro atoms. The molecule has 0 atom stereocenters. The first-order valence-electron chi connectivity index (χ1n) is 8.31. The predicted molar refractivity (Wildman–Crippen MR) is 98.7 cm³/mol. The van der Waals surface area contributed by atoms with Crippen LogP contribution in [0.1, 0.15) is 12.5 Å². The number of hydrogen-bond acceptors (Lipinski definition) is 4. The first kappa shape index (κ1) is 21.8. The molecule has 0 amide bonds. The molecule has 0 N–H and O–H groups in total. The molecule has 0 aromatic heterocycles. The van der Waals surface area contributed by atoms with Crippen LogP contribution in [0, 0.1) is 0 Å². The average molecular weight is 406 g/mol. The van der Waals surface area contributed by atoms with Crippen molar-refractivity contribution in [1.82, 2.24) is 0 Å². The average Bonchev–Trinajstić information content (AvgIpc) is 2.66. The molecule has 0 unspecified atom stereocenters. The molecule has 1 aliphatic heterocycles. The zero-order valence-corrected chi connectivity index (χ0v) is 15.9. The lowest BCUT2D eigenvalue weighted by atomic mass is 10.1. The zero-order chi connectivity index (χ0) is 19.9. The van der Waals surface area contributed by atoms with E-state index in [0.717, 1.165) is 11.1 Å². The third kappa shape index (κ3) is 7.20. The normalized spacial score (nSPS) is 21.8. The SMILES string of the molecule is CSC1COC(/C=C/C(C)=C/c2ccc(OCC(F)(F)C(F)F)cc2)OC1. The van der Waals surface area contributed by atoms with Gasteiger partial charge in [0.05, 0.1) is 18.5 Å². The quantitative estimate of drug-likeness (QED) is 0.447. The predicted octanol–water partition coefficient (Wildman–Crippen LogP) is 5.03. The van der Waals surface area contributed by atoms with Gasteiger partial charge in [-0.05, 0) is 37.0 Å². The Labute approximate surface area is 160 Å². The van der Waals surface area contributed by atoms with Crippen molar-refractivity contribution in [2.75, 3.05) is 26.1 Å². The molecule has 2 rings (SSSR count). The fourth-order valence-electron chi connectivity index (χ4n) is 2.19. The Hall–Kier alpha value is -1.51. The Morgan fingerprint density at radius 1 is 1.26 bits per heavy atom. The number of hydrogen-bond donors (Lipinski definition) is 0. The summed E-state index contributed by atoms with van der Waals surface area (Å²) >= 11 is 1.71. The lowest BCUT2D eigenvalue weighted by Gasteiger charge is -2.26. The third-order valence-corrected chi connectivity index (χ3v) is 4.71. The van der Waals surface area contributed by atoms with Gasteiger partial charge in [-0.15, -0.1) is 0 Å². The summed E-state index contributed by atoms with van der Waals surface area (Å²) in [6.45, 7) is 1.83. The van der Waals surface area contributed by atoms with Crippen LogP contribution in [0.2, 0.25) is 0 Å². The summed E-state index contributed by atoms with van der Waals surface area (Å²) in [5.74, 6) is -4.06. The maximum Gasteiger partial charge on any atom is 0.340 e. The Morgan fingerprint density at radius 3 is 2.44 bits per heavy atom. The van der Waals surface area contributed by atoms with Crippen molar-refractivity contribution >= 4 is 17.8 Å². The molecule has 1 aromatic carbocycles. The van der Waals surface area contributed by atoms with Gasteiger partial charge in [0.2, 0.25) is 0 Å². The summed E-state index contributed by atoms with van der Waals surface area (Å²) in [6, 6.07) is 6.23. The zero-order valence-electron chi connectivity index (χ0n) is 15.0. The molecular formula is C19H22F4O3S. The van der Waals surface area contributed by atoms with Crippen LogP contribution >= 0.6 is 11.8 Å². The minimum absolute atomic E-state index is 0.105. The van der Waals surface area contributed by atoms with E-state index in [1.54, 1.807) is 23.9 Å². The highest BCUT2D eigenvalue weighted by Gasteiger charge is 2.41. The molecule has 1 fully saturated rings. The summed E-state index contributed by atoms with van der Waals surface area (Å²) in [5.41, 5.74) is 1.75. The number of alkyl halides is 4. The lowest BCUT2D eigenvalue weighted by molar-refractivity contribution is -0.148. The number of benzene rings is 1. The van der Waals surface area contributed by atoms with Gasteiger partial charge in [-0.3, -0.25) is 0 Å². The fourth-order valence-corrected chi connectivity index (χ4v) is 2.62. The Morgan fingerprint density at radius 2 is 1.89 bits per heavy atom. The van der Waals surface area contributed by atoms with Crippen LogP contribution in [-0.2, 0) is 9.47 Å². The maximum atomic E-state index is 12.8. The van der Waals surface area contributed by atoms with E-state index in [9.17, 15) is 17.6 Å². The van der Waals surface area contributed by atoms with Crippen LogP contribution in [0.25, 0.3) is 6.08 Å². The van der Waals surface area contributed by atoms with E-state index in [4.69, 9.17) is 14.2 Å². The van der Waals surface area contributed by atoms with Crippen molar-refractivity contribution in [3.8, 4) is 5.75 Å². The number of halogens is 4. The molecular weight excluding hydrogens is 384 g/mol. The summed E-state index contributed by atoms with van der Waals surface area (Å²) in [5, 5.41) is 0.354. The molecule has 3 nitrogen and oxygen atoms in total. The number of thioether (sulfide) groups is 1. The van der Waals surface area contributed by atoms with Gasteiger partial charge in [-0.2, -0.15) is 20.5 Å². The summed E-state index contributed by atoms with van der Waals surface area (Å²) in [6.07, 6.45) is 3.47. The highest BCUT2D eigenvalue weighted by atomic mass is 32.2.